The van der Waals surface area contributed by atoms with E-state index >= 15 is 0 Å². The van der Waals surface area contributed by atoms with E-state index in [1.165, 1.54) is 4.90 Å². The monoisotopic (exact) mass is 243 g/mol. The van der Waals surface area contributed by atoms with Crippen LogP contribution in [0.25, 0.3) is 0 Å². The quantitative estimate of drug-likeness (QED) is 0.675. The standard InChI is InChI=1S/C12H25N3O2/c1-8(2)5-10(13)12(17)15(6-9(3)4)7-11(14)16/h8-10H,5-7,13H2,1-4H3,(H2,14,16)/t10-/m0/s1. The number of nitrogens with two attached hydrogens (primary N) is 2. The second kappa shape index (κ2) is 7.27. The van der Waals surface area contributed by atoms with Crippen LogP contribution in [0.2, 0.25) is 0 Å². The number of carbonyl (C=O) groups excluding carboxylic acids is 2. The predicted octanol–water partition coefficient (Wildman–Crippen LogP) is 0.330. The molecule has 2 amide bonds. The van der Waals surface area contributed by atoms with Crippen LogP contribution in [-0.2, 0) is 9.59 Å². The van der Waals surface area contributed by atoms with Gasteiger partial charge in [0.1, 0.15) is 0 Å². The van der Waals surface area contributed by atoms with Gasteiger partial charge in [0, 0.05) is 6.54 Å². The summed E-state index contributed by atoms with van der Waals surface area (Å²) in [7, 11) is 0. The number of hydrogen-bond acceptors (Lipinski definition) is 3. The number of carbonyl (C=O) groups is 2. The van der Waals surface area contributed by atoms with Gasteiger partial charge in [-0.1, -0.05) is 27.7 Å². The Morgan fingerprint density at radius 1 is 1.12 bits per heavy atom. The lowest BCUT2D eigenvalue weighted by molar-refractivity contribution is -0.137. The first-order valence-corrected chi connectivity index (χ1v) is 6.06. The highest BCUT2D eigenvalue weighted by Crippen LogP contribution is 2.07. The van der Waals surface area contributed by atoms with Crippen LogP contribution >= 0.6 is 0 Å². The molecule has 0 aliphatic heterocycles. The third-order valence-electron chi connectivity index (χ3n) is 2.29. The van der Waals surface area contributed by atoms with Crippen molar-refractivity contribution >= 4 is 11.8 Å². The normalized spacial score (nSPS) is 12.9. The van der Waals surface area contributed by atoms with Crippen molar-refractivity contribution in [3.8, 4) is 0 Å². The molecule has 0 saturated heterocycles. The minimum atomic E-state index is -0.548. The largest absolute Gasteiger partial charge is 0.368 e. The zero-order chi connectivity index (χ0) is 13.6. The van der Waals surface area contributed by atoms with Crippen molar-refractivity contribution in [2.45, 2.75) is 40.2 Å². The van der Waals surface area contributed by atoms with Gasteiger partial charge in [0.2, 0.25) is 11.8 Å². The SMILES string of the molecule is CC(C)C[C@H](N)C(=O)N(CC(N)=O)CC(C)C. The van der Waals surface area contributed by atoms with Crippen molar-refractivity contribution in [2.24, 2.45) is 23.3 Å². The highest BCUT2D eigenvalue weighted by Gasteiger charge is 2.23. The molecule has 5 heteroatoms. The Kier molecular flexibility index (Phi) is 6.80. The van der Waals surface area contributed by atoms with Crippen LogP contribution < -0.4 is 11.5 Å². The average Bonchev–Trinajstić information content (AvgIpc) is 2.12. The molecule has 1 atom stereocenters. The summed E-state index contributed by atoms with van der Waals surface area (Å²) in [6, 6.07) is -0.548. The van der Waals surface area contributed by atoms with E-state index in [4.69, 9.17) is 11.5 Å². The van der Waals surface area contributed by atoms with E-state index in [0.717, 1.165) is 0 Å². The molecule has 17 heavy (non-hydrogen) atoms. The van der Waals surface area contributed by atoms with Crippen LogP contribution in [-0.4, -0.2) is 35.8 Å². The summed E-state index contributed by atoms with van der Waals surface area (Å²) >= 11 is 0. The minimum absolute atomic E-state index is 0.0528. The van der Waals surface area contributed by atoms with Gasteiger partial charge in [0.05, 0.1) is 12.6 Å². The smallest absolute Gasteiger partial charge is 0.239 e. The lowest BCUT2D eigenvalue weighted by Crippen LogP contribution is -2.48. The van der Waals surface area contributed by atoms with Gasteiger partial charge in [-0.15, -0.1) is 0 Å². The van der Waals surface area contributed by atoms with Crippen molar-refractivity contribution in [3.05, 3.63) is 0 Å². The average molecular weight is 243 g/mol. The molecule has 0 aromatic heterocycles. The van der Waals surface area contributed by atoms with E-state index in [0.29, 0.717) is 18.9 Å². The molecule has 0 spiro atoms. The van der Waals surface area contributed by atoms with Crippen molar-refractivity contribution < 1.29 is 9.59 Å². The molecule has 0 unspecified atom stereocenters. The van der Waals surface area contributed by atoms with Gasteiger partial charge in [-0.25, -0.2) is 0 Å². The summed E-state index contributed by atoms with van der Waals surface area (Å²) in [6.45, 7) is 8.43. The fraction of sp³-hybridized carbons (Fsp3) is 0.833. The number of rotatable bonds is 7. The summed E-state index contributed by atoms with van der Waals surface area (Å²) in [4.78, 5) is 24.4. The van der Waals surface area contributed by atoms with Crippen LogP contribution in [0, 0.1) is 11.8 Å². The van der Waals surface area contributed by atoms with E-state index < -0.39 is 11.9 Å². The van der Waals surface area contributed by atoms with E-state index in [9.17, 15) is 9.59 Å². The maximum atomic E-state index is 12.0. The molecule has 4 N–H and O–H groups in total. The minimum Gasteiger partial charge on any atom is -0.368 e. The molecule has 5 nitrogen and oxygen atoms in total. The number of nitrogens with zero attached hydrogens (tertiary/aromatic N) is 1. The highest BCUT2D eigenvalue weighted by atomic mass is 16.2. The molecule has 0 bridgehead atoms. The summed E-state index contributed by atoms with van der Waals surface area (Å²) < 4.78 is 0. The molecule has 0 radical (unpaired) electrons. The Morgan fingerprint density at radius 2 is 1.65 bits per heavy atom. The summed E-state index contributed by atoms with van der Waals surface area (Å²) in [5, 5.41) is 0. The van der Waals surface area contributed by atoms with Gasteiger partial charge in [-0.3, -0.25) is 9.59 Å². The first-order chi connectivity index (χ1) is 7.73. The van der Waals surface area contributed by atoms with E-state index in [-0.39, 0.29) is 18.4 Å². The fourth-order valence-electron chi connectivity index (χ4n) is 1.70. The third kappa shape index (κ3) is 6.94. The van der Waals surface area contributed by atoms with Crippen LogP contribution in [0.15, 0.2) is 0 Å². The Balaban J connectivity index is 4.55. The molecular weight excluding hydrogens is 218 g/mol. The van der Waals surface area contributed by atoms with Gasteiger partial charge >= 0.3 is 0 Å². The molecule has 0 aromatic carbocycles. The Morgan fingerprint density at radius 3 is 2.00 bits per heavy atom. The highest BCUT2D eigenvalue weighted by molar-refractivity contribution is 5.86. The third-order valence-corrected chi connectivity index (χ3v) is 2.29. The summed E-state index contributed by atoms with van der Waals surface area (Å²) in [5.74, 6) is -0.0603. The van der Waals surface area contributed by atoms with Crippen LogP contribution in [0.3, 0.4) is 0 Å². The molecule has 0 aromatic rings. The lowest BCUT2D eigenvalue weighted by Gasteiger charge is -2.26. The maximum absolute atomic E-state index is 12.0. The zero-order valence-corrected chi connectivity index (χ0v) is 11.3. The molecule has 0 aliphatic rings. The molecule has 0 heterocycles. The second-order valence-electron chi connectivity index (χ2n) is 5.31. The van der Waals surface area contributed by atoms with Gasteiger partial charge in [0.25, 0.3) is 0 Å². The lowest BCUT2D eigenvalue weighted by atomic mass is 10.0. The van der Waals surface area contributed by atoms with Crippen LogP contribution in [0.4, 0.5) is 0 Å². The fourth-order valence-corrected chi connectivity index (χ4v) is 1.70. The summed E-state index contributed by atoms with van der Waals surface area (Å²) in [6.07, 6.45) is 0.617. The van der Waals surface area contributed by atoms with E-state index in [2.05, 4.69) is 0 Å². The molecule has 0 rings (SSSR count). The number of primary amides is 1. The first kappa shape index (κ1) is 15.9. The van der Waals surface area contributed by atoms with Gasteiger partial charge in [0.15, 0.2) is 0 Å². The number of amides is 2. The van der Waals surface area contributed by atoms with Gasteiger partial charge in [-0.2, -0.15) is 0 Å². The Bertz CT molecular complexity index is 264. The Hall–Kier alpha value is -1.10. The summed E-state index contributed by atoms with van der Waals surface area (Å²) in [5.41, 5.74) is 11.0. The molecule has 0 aliphatic carbocycles. The predicted molar refractivity (Wildman–Crippen MR) is 68.0 cm³/mol. The van der Waals surface area contributed by atoms with Gasteiger partial charge < -0.3 is 16.4 Å². The second-order valence-corrected chi connectivity index (χ2v) is 5.31. The molecule has 100 valence electrons. The van der Waals surface area contributed by atoms with Crippen molar-refractivity contribution in [3.63, 3.8) is 0 Å². The number of hydrogen-bond donors (Lipinski definition) is 2. The van der Waals surface area contributed by atoms with Crippen molar-refractivity contribution in [1.29, 1.82) is 0 Å². The first-order valence-electron chi connectivity index (χ1n) is 6.06. The van der Waals surface area contributed by atoms with E-state index in [1.807, 2.05) is 27.7 Å². The maximum Gasteiger partial charge on any atom is 0.239 e. The molecular formula is C12H25N3O2. The van der Waals surface area contributed by atoms with Crippen LogP contribution in [0.5, 0.6) is 0 Å². The topological polar surface area (TPSA) is 89.4 Å². The van der Waals surface area contributed by atoms with Gasteiger partial charge in [-0.05, 0) is 18.3 Å². The zero-order valence-electron chi connectivity index (χ0n) is 11.3. The molecule has 0 fully saturated rings. The molecule has 0 saturated carbocycles. The Labute approximate surface area is 104 Å². The van der Waals surface area contributed by atoms with Crippen LogP contribution in [0.1, 0.15) is 34.1 Å². The van der Waals surface area contributed by atoms with Crippen molar-refractivity contribution in [1.82, 2.24) is 4.90 Å². The van der Waals surface area contributed by atoms with E-state index in [1.54, 1.807) is 0 Å². The van der Waals surface area contributed by atoms with Crippen molar-refractivity contribution in [2.75, 3.05) is 13.1 Å².